The Morgan fingerprint density at radius 1 is 0.356 bits per heavy atom. The van der Waals surface area contributed by atoms with Crippen LogP contribution in [0.3, 0.4) is 0 Å². The van der Waals surface area contributed by atoms with E-state index >= 15 is 0 Å². The van der Waals surface area contributed by atoms with Crippen LogP contribution in [0.5, 0.6) is 0 Å². The molecule has 3 N–H and O–H groups in total. The summed E-state index contributed by atoms with van der Waals surface area (Å²) in [5.41, 5.74) is 0. The average molecular weight is 1280 g/mol. The third kappa shape index (κ3) is 62.1. The number of carbonyl (C=O) groups is 4. The molecule has 0 bridgehead atoms. The van der Waals surface area contributed by atoms with Gasteiger partial charge in [0.05, 0.1) is 26.4 Å². The molecule has 0 aliphatic heterocycles. The van der Waals surface area contributed by atoms with Crippen molar-refractivity contribution < 1.29 is 80.2 Å². The Labute approximate surface area is 529 Å². The second-order valence-corrected chi connectivity index (χ2v) is 27.3. The van der Waals surface area contributed by atoms with Crippen LogP contribution in [0.1, 0.15) is 324 Å². The second-order valence-electron chi connectivity index (χ2n) is 24.4. The minimum atomic E-state index is -4.95. The highest BCUT2D eigenvalue weighted by Gasteiger charge is 2.30. The van der Waals surface area contributed by atoms with E-state index in [0.29, 0.717) is 25.7 Å². The standard InChI is InChI=1S/C68H128O17P2/c1-6-9-12-15-17-19-21-22-23-26-30-33-37-42-47-52-66(71)79-58-64(85-68(73)54-49-44-39-35-31-27-24-25-29-32-36-41-45-50-61(4)5)60-83-87(76,77)81-56-62(69)55-80-86(74,75)82-59-63(57-78-65(70)51-46-40-14-11-8-3)84-67(72)53-48-43-38-34-28-20-18-16-13-10-7-2/h19,21-23,61-64,69H,6-18,20,24-60H2,1-5H3,(H,74,75)(H,76,77)/b21-19-,23-22-/t62-,63+,64+/m0/s1. The van der Waals surface area contributed by atoms with Gasteiger partial charge in [-0.05, 0) is 57.3 Å². The summed E-state index contributed by atoms with van der Waals surface area (Å²) in [6.45, 7) is 7.09. The molecule has 0 amide bonds. The van der Waals surface area contributed by atoms with E-state index in [1.165, 1.54) is 122 Å². The topological polar surface area (TPSA) is 237 Å². The van der Waals surface area contributed by atoms with Gasteiger partial charge in [0.2, 0.25) is 0 Å². The largest absolute Gasteiger partial charge is 0.472 e. The molecule has 512 valence electrons. The average Bonchev–Trinajstić information content (AvgIpc) is 3.50. The Morgan fingerprint density at radius 3 is 0.943 bits per heavy atom. The van der Waals surface area contributed by atoms with E-state index in [4.69, 9.17) is 37.0 Å². The van der Waals surface area contributed by atoms with Gasteiger partial charge in [0.15, 0.2) is 12.2 Å². The molecule has 2 unspecified atom stereocenters. The minimum absolute atomic E-state index is 0.100. The van der Waals surface area contributed by atoms with Gasteiger partial charge in [-0.3, -0.25) is 37.3 Å². The first-order chi connectivity index (χ1) is 42.0. The molecule has 0 aliphatic carbocycles. The van der Waals surface area contributed by atoms with Crippen molar-refractivity contribution in [3.05, 3.63) is 24.3 Å². The fourth-order valence-corrected chi connectivity index (χ4v) is 11.3. The number of hydrogen-bond acceptors (Lipinski definition) is 15. The van der Waals surface area contributed by atoms with Crippen molar-refractivity contribution in [1.29, 1.82) is 0 Å². The summed E-state index contributed by atoms with van der Waals surface area (Å²) in [7, 11) is -9.90. The lowest BCUT2D eigenvalue weighted by Crippen LogP contribution is -2.30. The summed E-state index contributed by atoms with van der Waals surface area (Å²) in [6.07, 6.45) is 49.7. The SMILES string of the molecule is CCCCCC/C=C\C=C/CCCCCCCC(=O)OC[C@H](COP(=O)(O)OC[C@@H](O)COP(=O)(O)OC[C@@H](COC(=O)CCCCCCC)OC(=O)CCCCCCCCCCCCC)OC(=O)CCCCCCCCCCCCCCCC(C)C. The summed E-state index contributed by atoms with van der Waals surface area (Å²) >= 11 is 0. The lowest BCUT2D eigenvalue weighted by Gasteiger charge is -2.21. The van der Waals surface area contributed by atoms with Gasteiger partial charge in [0.1, 0.15) is 19.3 Å². The van der Waals surface area contributed by atoms with Crippen molar-refractivity contribution in [3.8, 4) is 0 Å². The molecule has 0 aromatic heterocycles. The Bertz CT molecular complexity index is 1780. The maximum Gasteiger partial charge on any atom is 0.472 e. The first-order valence-corrected chi connectivity index (χ1v) is 37.9. The van der Waals surface area contributed by atoms with Crippen molar-refractivity contribution in [1.82, 2.24) is 0 Å². The molecule has 0 heterocycles. The lowest BCUT2D eigenvalue weighted by molar-refractivity contribution is -0.161. The summed E-state index contributed by atoms with van der Waals surface area (Å²) in [5.74, 6) is -1.38. The number of phosphoric ester groups is 2. The highest BCUT2D eigenvalue weighted by atomic mass is 31.2. The van der Waals surface area contributed by atoms with Crippen molar-refractivity contribution >= 4 is 39.5 Å². The van der Waals surface area contributed by atoms with Crippen molar-refractivity contribution in [2.24, 2.45) is 5.92 Å². The normalized spacial score (nSPS) is 14.3. The van der Waals surface area contributed by atoms with Crippen LogP contribution in [0.4, 0.5) is 0 Å². The number of rotatable bonds is 66. The number of aliphatic hydroxyl groups excluding tert-OH is 1. The highest BCUT2D eigenvalue weighted by molar-refractivity contribution is 7.47. The number of phosphoric acid groups is 2. The third-order valence-electron chi connectivity index (χ3n) is 15.2. The maximum absolute atomic E-state index is 13.0. The van der Waals surface area contributed by atoms with Gasteiger partial charge in [0.25, 0.3) is 0 Å². The molecule has 0 aliphatic rings. The molecule has 0 saturated carbocycles. The zero-order valence-corrected chi connectivity index (χ0v) is 57.4. The molecule has 0 saturated heterocycles. The van der Waals surface area contributed by atoms with E-state index in [-0.39, 0.29) is 25.7 Å². The smallest absolute Gasteiger partial charge is 0.462 e. The van der Waals surface area contributed by atoms with Crippen molar-refractivity contribution in [3.63, 3.8) is 0 Å². The zero-order valence-electron chi connectivity index (χ0n) is 55.6. The molecule has 5 atom stereocenters. The first-order valence-electron chi connectivity index (χ1n) is 35.0. The van der Waals surface area contributed by atoms with Crippen LogP contribution < -0.4 is 0 Å². The number of allylic oxidation sites excluding steroid dienone is 4. The summed E-state index contributed by atoms with van der Waals surface area (Å²) in [6, 6.07) is 0. The molecule has 0 radical (unpaired) electrons. The second kappa shape index (κ2) is 61.1. The van der Waals surface area contributed by atoms with E-state index in [1.807, 2.05) is 0 Å². The molecule has 87 heavy (non-hydrogen) atoms. The van der Waals surface area contributed by atoms with Crippen molar-refractivity contribution in [2.45, 2.75) is 342 Å². The van der Waals surface area contributed by atoms with Gasteiger partial charge in [-0.15, -0.1) is 0 Å². The van der Waals surface area contributed by atoms with Crippen LogP contribution in [-0.2, 0) is 65.4 Å². The number of esters is 4. The van der Waals surface area contributed by atoms with Gasteiger partial charge in [-0.25, -0.2) is 9.13 Å². The van der Waals surface area contributed by atoms with E-state index in [1.54, 1.807) is 0 Å². The number of hydrogen-bond donors (Lipinski definition) is 3. The number of aliphatic hydroxyl groups is 1. The van der Waals surface area contributed by atoms with Crippen LogP contribution in [0.2, 0.25) is 0 Å². The molecular formula is C68H128O17P2. The van der Waals surface area contributed by atoms with Crippen LogP contribution in [-0.4, -0.2) is 96.7 Å². The van der Waals surface area contributed by atoms with E-state index in [9.17, 15) is 43.2 Å². The number of unbranched alkanes of at least 4 members (excludes halogenated alkanes) is 35. The fraction of sp³-hybridized carbons (Fsp3) is 0.882. The van der Waals surface area contributed by atoms with Gasteiger partial charge in [-0.2, -0.15) is 0 Å². The van der Waals surface area contributed by atoms with E-state index in [2.05, 4.69) is 58.9 Å². The molecule has 0 rings (SSSR count). The molecule has 0 aromatic carbocycles. The van der Waals surface area contributed by atoms with Crippen LogP contribution >= 0.6 is 15.6 Å². The Morgan fingerprint density at radius 2 is 0.621 bits per heavy atom. The maximum atomic E-state index is 13.0. The predicted molar refractivity (Wildman–Crippen MR) is 349 cm³/mol. The van der Waals surface area contributed by atoms with Crippen LogP contribution in [0.25, 0.3) is 0 Å². The number of ether oxygens (including phenoxy) is 4. The Kier molecular flexibility index (Phi) is 59.3. The van der Waals surface area contributed by atoms with Crippen LogP contribution in [0, 0.1) is 5.92 Å². The Balaban J connectivity index is 5.20. The molecule has 0 aromatic rings. The predicted octanol–water partition coefficient (Wildman–Crippen LogP) is 18.9. The third-order valence-corrected chi connectivity index (χ3v) is 17.1. The number of carbonyl (C=O) groups excluding carboxylic acids is 4. The first kappa shape index (κ1) is 84.5. The molecule has 0 spiro atoms. The molecular weight excluding hydrogens is 1150 g/mol. The van der Waals surface area contributed by atoms with Crippen molar-refractivity contribution in [2.75, 3.05) is 39.6 Å². The Hall–Kier alpha value is -2.46. The monoisotopic (exact) mass is 1280 g/mol. The van der Waals surface area contributed by atoms with Crippen LogP contribution in [0.15, 0.2) is 24.3 Å². The van der Waals surface area contributed by atoms with Gasteiger partial charge < -0.3 is 33.8 Å². The van der Waals surface area contributed by atoms with Gasteiger partial charge in [-0.1, -0.05) is 271 Å². The summed E-state index contributed by atoms with van der Waals surface area (Å²) in [5, 5.41) is 10.5. The van der Waals surface area contributed by atoms with Gasteiger partial charge in [0, 0.05) is 25.7 Å². The summed E-state index contributed by atoms with van der Waals surface area (Å²) < 4.78 is 67.9. The lowest BCUT2D eigenvalue weighted by atomic mass is 10.0. The molecule has 17 nitrogen and oxygen atoms in total. The molecule has 0 fully saturated rings. The quantitative estimate of drug-likeness (QED) is 0.0169. The van der Waals surface area contributed by atoms with Gasteiger partial charge >= 0.3 is 39.5 Å². The zero-order chi connectivity index (χ0) is 64.2. The highest BCUT2D eigenvalue weighted by Crippen LogP contribution is 2.45. The van der Waals surface area contributed by atoms with E-state index < -0.39 is 97.5 Å². The van der Waals surface area contributed by atoms with E-state index in [0.717, 1.165) is 121 Å². The minimum Gasteiger partial charge on any atom is -0.462 e. The summed E-state index contributed by atoms with van der Waals surface area (Å²) in [4.78, 5) is 72.1. The molecule has 19 heteroatoms. The fourth-order valence-electron chi connectivity index (χ4n) is 9.75.